The Hall–Kier alpha value is -3.24. The highest BCUT2D eigenvalue weighted by Gasteiger charge is 2.35. The molecule has 0 radical (unpaired) electrons. The molecule has 0 spiro atoms. The topological polar surface area (TPSA) is 93.8 Å². The van der Waals surface area contributed by atoms with E-state index < -0.39 is 5.76 Å². The zero-order valence-electron chi connectivity index (χ0n) is 14.9. The van der Waals surface area contributed by atoms with Crippen LogP contribution in [0.4, 0.5) is 0 Å². The van der Waals surface area contributed by atoms with E-state index in [0.29, 0.717) is 17.9 Å². The van der Waals surface area contributed by atoms with Crippen LogP contribution in [-0.4, -0.2) is 26.4 Å². The Bertz CT molecular complexity index is 1200. The Morgan fingerprint density at radius 3 is 2.76 bits per heavy atom. The van der Waals surface area contributed by atoms with Crippen molar-refractivity contribution in [1.82, 2.24) is 14.8 Å². The first kappa shape index (κ1) is 17.8. The van der Waals surface area contributed by atoms with Gasteiger partial charge in [0.15, 0.2) is 0 Å². The lowest BCUT2D eigenvalue weighted by Crippen LogP contribution is -2.33. The predicted octanol–water partition coefficient (Wildman–Crippen LogP) is 3.60. The molecule has 1 atom stereocenters. The normalized spacial score (nSPS) is 16.3. The van der Waals surface area contributed by atoms with E-state index in [4.69, 9.17) is 8.83 Å². The summed E-state index contributed by atoms with van der Waals surface area (Å²) in [7, 11) is 0. The number of carbonyl (C=O) groups excluding carboxylic acids is 1. The molecule has 0 bridgehead atoms. The van der Waals surface area contributed by atoms with E-state index in [1.165, 1.54) is 16.3 Å². The van der Waals surface area contributed by atoms with Crippen molar-refractivity contribution in [2.75, 3.05) is 0 Å². The first-order chi connectivity index (χ1) is 14.2. The summed E-state index contributed by atoms with van der Waals surface area (Å²) in [5.41, 5.74) is 0.688. The van der Waals surface area contributed by atoms with Crippen LogP contribution in [0.1, 0.15) is 23.1 Å². The molecule has 0 N–H and O–H groups in total. The summed E-state index contributed by atoms with van der Waals surface area (Å²) in [5, 5.41) is 13.9. The Labute approximate surface area is 172 Å². The number of hydrazone groups is 1. The third-order valence-corrected chi connectivity index (χ3v) is 6.30. The van der Waals surface area contributed by atoms with E-state index in [2.05, 4.69) is 10.2 Å². The van der Waals surface area contributed by atoms with Crippen LogP contribution in [0.2, 0.25) is 0 Å². The first-order valence-corrected chi connectivity index (χ1v) is 10.5. The van der Waals surface area contributed by atoms with Gasteiger partial charge in [0.2, 0.25) is 0 Å². The first-order valence-electron chi connectivity index (χ1n) is 8.77. The molecule has 1 unspecified atom stereocenters. The summed E-state index contributed by atoms with van der Waals surface area (Å²) in [4.78, 5) is 26.9. The van der Waals surface area contributed by atoms with E-state index in [1.807, 2.05) is 35.0 Å². The SMILES string of the molecule is O=C(Cn1nc(-c2cccs2)oc1=O)N1N=C(c2ccco2)CC1c1cccs1. The van der Waals surface area contributed by atoms with Crippen LogP contribution in [0.3, 0.4) is 0 Å². The molecule has 0 aromatic carbocycles. The summed E-state index contributed by atoms with van der Waals surface area (Å²) in [6.45, 7) is -0.259. The van der Waals surface area contributed by atoms with Gasteiger partial charge in [-0.2, -0.15) is 9.78 Å². The zero-order chi connectivity index (χ0) is 19.8. The van der Waals surface area contributed by atoms with Gasteiger partial charge in [0.25, 0.3) is 11.8 Å². The van der Waals surface area contributed by atoms with E-state index in [1.54, 1.807) is 29.7 Å². The second-order valence-corrected chi connectivity index (χ2v) is 8.23. The number of rotatable bonds is 5. The molecule has 5 heterocycles. The molecule has 4 aromatic heterocycles. The maximum Gasteiger partial charge on any atom is 0.437 e. The van der Waals surface area contributed by atoms with E-state index in [-0.39, 0.29) is 24.4 Å². The third kappa shape index (κ3) is 3.36. The van der Waals surface area contributed by atoms with Crippen LogP contribution in [0, 0.1) is 0 Å². The van der Waals surface area contributed by atoms with Crippen molar-refractivity contribution in [3.63, 3.8) is 0 Å². The van der Waals surface area contributed by atoms with Crippen molar-refractivity contribution in [1.29, 1.82) is 0 Å². The molecule has 0 saturated carbocycles. The van der Waals surface area contributed by atoms with Crippen molar-refractivity contribution >= 4 is 34.3 Å². The summed E-state index contributed by atoms with van der Waals surface area (Å²) < 4.78 is 11.7. The Morgan fingerprint density at radius 1 is 1.17 bits per heavy atom. The molecule has 0 saturated heterocycles. The molecule has 1 amide bonds. The van der Waals surface area contributed by atoms with Crippen molar-refractivity contribution in [3.8, 4) is 10.8 Å². The van der Waals surface area contributed by atoms with Gasteiger partial charge in [0.05, 0.1) is 17.2 Å². The zero-order valence-corrected chi connectivity index (χ0v) is 16.6. The Kier molecular flexibility index (Phi) is 4.49. The smallest absolute Gasteiger partial charge is 0.437 e. The second kappa shape index (κ2) is 7.30. The monoisotopic (exact) mass is 426 g/mol. The maximum absolute atomic E-state index is 13.0. The van der Waals surface area contributed by atoms with Crippen LogP contribution < -0.4 is 5.76 Å². The molecule has 4 aromatic rings. The second-order valence-electron chi connectivity index (χ2n) is 6.31. The van der Waals surface area contributed by atoms with Gasteiger partial charge in [-0.15, -0.1) is 27.8 Å². The van der Waals surface area contributed by atoms with Gasteiger partial charge in [-0.1, -0.05) is 12.1 Å². The maximum atomic E-state index is 13.0. The van der Waals surface area contributed by atoms with E-state index >= 15 is 0 Å². The van der Waals surface area contributed by atoms with Gasteiger partial charge in [-0.05, 0) is 35.0 Å². The molecule has 10 heteroatoms. The van der Waals surface area contributed by atoms with Gasteiger partial charge in [0.1, 0.15) is 18.0 Å². The molecule has 0 fully saturated rings. The summed E-state index contributed by atoms with van der Waals surface area (Å²) in [6.07, 6.45) is 2.11. The molecule has 8 nitrogen and oxygen atoms in total. The molecular formula is C19H14N4O4S2. The van der Waals surface area contributed by atoms with Crippen LogP contribution in [0.15, 0.2) is 72.2 Å². The van der Waals surface area contributed by atoms with Crippen molar-refractivity contribution < 1.29 is 13.6 Å². The molecule has 5 rings (SSSR count). The van der Waals surface area contributed by atoms with Gasteiger partial charge in [-0.25, -0.2) is 9.80 Å². The fourth-order valence-electron chi connectivity index (χ4n) is 3.14. The molecule has 0 aliphatic carbocycles. The minimum Gasteiger partial charge on any atom is -0.463 e. The quantitative estimate of drug-likeness (QED) is 0.486. The minimum atomic E-state index is -0.677. The number of amides is 1. The summed E-state index contributed by atoms with van der Waals surface area (Å²) in [6, 6.07) is 10.9. The van der Waals surface area contributed by atoms with Crippen LogP contribution in [0.25, 0.3) is 10.8 Å². The largest absolute Gasteiger partial charge is 0.463 e. The lowest BCUT2D eigenvalue weighted by atomic mass is 10.1. The van der Waals surface area contributed by atoms with Crippen molar-refractivity contribution in [2.45, 2.75) is 19.0 Å². The van der Waals surface area contributed by atoms with Gasteiger partial charge in [0, 0.05) is 11.3 Å². The lowest BCUT2D eigenvalue weighted by molar-refractivity contribution is -0.133. The lowest BCUT2D eigenvalue weighted by Gasteiger charge is -2.20. The van der Waals surface area contributed by atoms with Gasteiger partial charge in [-0.3, -0.25) is 4.79 Å². The highest BCUT2D eigenvalue weighted by molar-refractivity contribution is 7.13. The highest BCUT2D eigenvalue weighted by atomic mass is 32.1. The fraction of sp³-hybridized carbons (Fsp3) is 0.158. The highest BCUT2D eigenvalue weighted by Crippen LogP contribution is 2.35. The standard InChI is InChI=1S/C19H14N4O4S2/c24-17(11-22-19(25)27-18(21-22)16-6-3-9-29-16)23-13(15-5-2-8-28-15)10-12(20-23)14-4-1-7-26-14/h1-9,13H,10-11H2. The summed E-state index contributed by atoms with van der Waals surface area (Å²) >= 11 is 2.96. The van der Waals surface area contributed by atoms with Crippen LogP contribution >= 0.6 is 22.7 Å². The average Bonchev–Trinajstić information content (AvgIpc) is 3.53. The molecule has 146 valence electrons. The number of hydrogen-bond donors (Lipinski definition) is 0. The van der Waals surface area contributed by atoms with Gasteiger partial charge < -0.3 is 8.83 Å². The third-order valence-electron chi connectivity index (χ3n) is 4.47. The van der Waals surface area contributed by atoms with Crippen LogP contribution in [0.5, 0.6) is 0 Å². The number of carbonyl (C=O) groups is 1. The fourth-order valence-corrected chi connectivity index (χ4v) is 4.60. The van der Waals surface area contributed by atoms with E-state index in [9.17, 15) is 9.59 Å². The van der Waals surface area contributed by atoms with Crippen LogP contribution in [-0.2, 0) is 11.3 Å². The van der Waals surface area contributed by atoms with Crippen molar-refractivity contribution in [2.24, 2.45) is 5.10 Å². The van der Waals surface area contributed by atoms with E-state index in [0.717, 1.165) is 14.4 Å². The molecule has 1 aliphatic heterocycles. The van der Waals surface area contributed by atoms with Gasteiger partial charge >= 0.3 is 5.76 Å². The number of aromatic nitrogens is 2. The Morgan fingerprint density at radius 2 is 2.03 bits per heavy atom. The predicted molar refractivity (Wildman–Crippen MR) is 108 cm³/mol. The summed E-state index contributed by atoms with van der Waals surface area (Å²) in [5.74, 6) is -0.198. The average molecular weight is 426 g/mol. The minimum absolute atomic E-state index is 0.203. The number of thiophene rings is 2. The van der Waals surface area contributed by atoms with Crippen molar-refractivity contribution in [3.05, 3.63) is 74.6 Å². The molecule has 29 heavy (non-hydrogen) atoms. The number of nitrogens with zero attached hydrogens (tertiary/aromatic N) is 4. The number of hydrogen-bond acceptors (Lipinski definition) is 8. The molecule has 1 aliphatic rings. The molecular weight excluding hydrogens is 412 g/mol. The number of furan rings is 1. The Balaban J connectivity index is 1.43.